The van der Waals surface area contributed by atoms with E-state index in [0.29, 0.717) is 49.9 Å². The average molecular weight is 740 g/mol. The number of fused-ring (bicyclic) bond motifs is 3. The van der Waals surface area contributed by atoms with Crippen LogP contribution in [-0.4, -0.2) is 107 Å². The predicted octanol–water partition coefficient (Wildman–Crippen LogP) is 3.52. The quantitative estimate of drug-likeness (QED) is 0.324. The van der Waals surface area contributed by atoms with Gasteiger partial charge < -0.3 is 23.7 Å². The fourth-order valence-electron chi connectivity index (χ4n) is 7.79. The molecular formula is C37H46FN5O8S. The first kappa shape index (κ1) is 36.3. The van der Waals surface area contributed by atoms with Crippen molar-refractivity contribution in [2.45, 2.75) is 71.1 Å². The number of rotatable bonds is 9. The summed E-state index contributed by atoms with van der Waals surface area (Å²) in [5.74, 6) is -3.17. The lowest BCUT2D eigenvalue weighted by Crippen LogP contribution is -2.53. The molecule has 0 bridgehead atoms. The van der Waals surface area contributed by atoms with E-state index in [9.17, 15) is 22.8 Å². The Kier molecular flexibility index (Phi) is 10.1. The maximum absolute atomic E-state index is 16.5. The van der Waals surface area contributed by atoms with Gasteiger partial charge in [-0.25, -0.2) is 13.9 Å². The number of anilines is 1. The topological polar surface area (TPSA) is 142 Å². The highest BCUT2D eigenvalue weighted by Crippen LogP contribution is 2.37. The third kappa shape index (κ3) is 6.67. The molecule has 4 aliphatic rings. The van der Waals surface area contributed by atoms with Crippen LogP contribution in [0.25, 0.3) is 11.0 Å². The van der Waals surface area contributed by atoms with Crippen molar-refractivity contribution in [3.8, 4) is 5.75 Å². The van der Waals surface area contributed by atoms with E-state index in [0.717, 1.165) is 48.3 Å². The first-order valence-corrected chi connectivity index (χ1v) is 19.5. The maximum Gasteiger partial charge on any atom is 0.341 e. The van der Waals surface area contributed by atoms with E-state index in [4.69, 9.17) is 13.9 Å². The molecule has 4 heterocycles. The number of nitrogens with one attached hydrogen (secondary N) is 1. The maximum atomic E-state index is 16.5. The highest BCUT2D eigenvalue weighted by molar-refractivity contribution is 7.87. The number of likely N-dealkylation sites (N-methyl/N-ethyl adjacent to an activating group) is 1. The molecule has 1 saturated carbocycles. The molecule has 0 unspecified atom stereocenters. The molecule has 15 heteroatoms. The minimum atomic E-state index is -4.15. The Morgan fingerprint density at radius 1 is 1.04 bits per heavy atom. The zero-order valence-corrected chi connectivity index (χ0v) is 30.9. The summed E-state index contributed by atoms with van der Waals surface area (Å²) in [5.41, 5.74) is 2.53. The lowest BCUT2D eigenvalue weighted by atomic mass is 9.94. The van der Waals surface area contributed by atoms with Gasteiger partial charge in [-0.3, -0.25) is 14.5 Å². The number of hydrogen-bond acceptors (Lipinski definition) is 10. The van der Waals surface area contributed by atoms with Crippen LogP contribution in [0.5, 0.6) is 5.75 Å². The second-order valence-corrected chi connectivity index (χ2v) is 16.1. The molecule has 1 atom stereocenters. The zero-order chi connectivity index (χ0) is 36.9. The molecule has 7 rings (SSSR count). The van der Waals surface area contributed by atoms with E-state index < -0.39 is 39.2 Å². The highest BCUT2D eigenvalue weighted by atomic mass is 32.2. The normalized spacial score (nSPS) is 20.2. The number of hydrogen-bond donors (Lipinski definition) is 1. The Hall–Kier alpha value is -4.05. The molecule has 52 heavy (non-hydrogen) atoms. The summed E-state index contributed by atoms with van der Waals surface area (Å²) in [6, 6.07) is 5.56. The van der Waals surface area contributed by atoms with Gasteiger partial charge in [0.2, 0.25) is 0 Å². The van der Waals surface area contributed by atoms with Gasteiger partial charge in [0.15, 0.2) is 11.6 Å². The molecule has 1 N–H and O–H groups in total. The summed E-state index contributed by atoms with van der Waals surface area (Å²) in [4.78, 5) is 47.0. The molecule has 3 fully saturated rings. The molecule has 0 radical (unpaired) electrons. The van der Waals surface area contributed by atoms with Gasteiger partial charge in [-0.05, 0) is 88.7 Å². The standard InChI is InChI=1S/C37H46FN5O8S/c1-22-18-28(35(44)39-52(47,48)43-13-5-6-14-43)34(50-25-8-7-9-25)32(38)31(22)36(45)42-15-12-26-27-10-11-30(23(2)33(27)51-37(46)29(26)20-42)41-17-16-40(3)24(19-41)21-49-4/h10-11,18,24-25H,5-9,12-17,19-21H2,1-4H3,(H,39,44)/t24-/m1/s1. The van der Waals surface area contributed by atoms with E-state index in [-0.39, 0.29) is 55.0 Å². The lowest BCUT2D eigenvalue weighted by molar-refractivity contribution is 0.0720. The van der Waals surface area contributed by atoms with Crippen molar-refractivity contribution in [2.75, 3.05) is 64.9 Å². The smallest absolute Gasteiger partial charge is 0.341 e. The molecule has 2 aromatic carbocycles. The van der Waals surface area contributed by atoms with Gasteiger partial charge in [-0.2, -0.15) is 12.7 Å². The van der Waals surface area contributed by atoms with Crippen LogP contribution in [0.2, 0.25) is 0 Å². The van der Waals surface area contributed by atoms with Crippen LogP contribution >= 0.6 is 0 Å². The van der Waals surface area contributed by atoms with Gasteiger partial charge in [-0.1, -0.05) is 0 Å². The molecule has 0 spiro atoms. The number of benzene rings is 2. The lowest BCUT2D eigenvalue weighted by Gasteiger charge is -2.41. The van der Waals surface area contributed by atoms with Crippen LogP contribution < -0.4 is 20.0 Å². The van der Waals surface area contributed by atoms with Crippen molar-refractivity contribution in [3.63, 3.8) is 0 Å². The van der Waals surface area contributed by atoms with Crippen molar-refractivity contribution in [1.82, 2.24) is 18.8 Å². The van der Waals surface area contributed by atoms with Crippen LogP contribution in [0, 0.1) is 19.7 Å². The Labute approximate surface area is 302 Å². The fraction of sp³-hybridized carbons (Fsp3) is 0.541. The molecule has 2 amide bonds. The minimum absolute atomic E-state index is 0.0849. The monoisotopic (exact) mass is 739 g/mol. The summed E-state index contributed by atoms with van der Waals surface area (Å²) >= 11 is 0. The molecule has 280 valence electrons. The fourth-order valence-corrected chi connectivity index (χ4v) is 9.00. The van der Waals surface area contributed by atoms with Crippen molar-refractivity contribution in [2.24, 2.45) is 0 Å². The number of aryl methyl sites for hydroxylation is 2. The number of piperazine rings is 1. The van der Waals surface area contributed by atoms with Gasteiger partial charge in [0.05, 0.1) is 42.0 Å². The molecular weight excluding hydrogens is 693 g/mol. The van der Waals surface area contributed by atoms with Gasteiger partial charge in [-0.15, -0.1) is 0 Å². The van der Waals surface area contributed by atoms with E-state index in [1.165, 1.54) is 22.2 Å². The third-order valence-corrected chi connectivity index (χ3v) is 12.6. The van der Waals surface area contributed by atoms with Crippen LogP contribution in [0.4, 0.5) is 10.1 Å². The van der Waals surface area contributed by atoms with Crippen molar-refractivity contribution in [3.05, 3.63) is 67.8 Å². The summed E-state index contributed by atoms with van der Waals surface area (Å²) in [6.45, 7) is 7.23. The molecule has 1 aromatic heterocycles. The summed E-state index contributed by atoms with van der Waals surface area (Å²) in [5, 5.41) is 0.809. The summed E-state index contributed by atoms with van der Waals surface area (Å²) < 4.78 is 62.8. The highest BCUT2D eigenvalue weighted by Gasteiger charge is 2.36. The Morgan fingerprint density at radius 2 is 1.79 bits per heavy atom. The number of methoxy groups -OCH3 is 1. The summed E-state index contributed by atoms with van der Waals surface area (Å²) in [6.07, 6.45) is 3.50. The number of amides is 2. The van der Waals surface area contributed by atoms with Gasteiger partial charge in [0.1, 0.15) is 5.58 Å². The molecule has 13 nitrogen and oxygen atoms in total. The molecule has 1 aliphatic carbocycles. The van der Waals surface area contributed by atoms with Gasteiger partial charge in [0, 0.05) is 63.0 Å². The van der Waals surface area contributed by atoms with E-state index in [1.54, 1.807) is 7.11 Å². The predicted molar refractivity (Wildman–Crippen MR) is 193 cm³/mol. The van der Waals surface area contributed by atoms with E-state index >= 15 is 4.39 Å². The Balaban J connectivity index is 1.17. The first-order valence-electron chi connectivity index (χ1n) is 18.0. The van der Waals surface area contributed by atoms with Crippen LogP contribution in [0.15, 0.2) is 27.4 Å². The van der Waals surface area contributed by atoms with E-state index in [2.05, 4.69) is 27.6 Å². The van der Waals surface area contributed by atoms with Crippen LogP contribution in [0.1, 0.15) is 75.1 Å². The van der Waals surface area contributed by atoms with Crippen LogP contribution in [0.3, 0.4) is 0 Å². The number of nitrogens with zero attached hydrogens (tertiary/aromatic N) is 4. The number of carbonyl (C=O) groups is 2. The second-order valence-electron chi connectivity index (χ2n) is 14.4. The Bertz CT molecular complexity index is 2080. The zero-order valence-electron chi connectivity index (χ0n) is 30.1. The average Bonchev–Trinajstić information content (AvgIpc) is 3.65. The Morgan fingerprint density at radius 3 is 2.48 bits per heavy atom. The number of carbonyl (C=O) groups excluding carboxylic acids is 2. The number of ether oxygens (including phenoxy) is 2. The molecule has 3 aliphatic heterocycles. The van der Waals surface area contributed by atoms with Gasteiger partial charge in [0.25, 0.3) is 11.8 Å². The van der Waals surface area contributed by atoms with Crippen molar-refractivity contribution in [1.29, 1.82) is 0 Å². The largest absolute Gasteiger partial charge is 0.486 e. The second kappa shape index (κ2) is 14.4. The molecule has 3 aromatic rings. The van der Waals surface area contributed by atoms with Crippen molar-refractivity contribution < 1.29 is 36.3 Å². The SMILES string of the molecule is COC[C@H]1CN(c2ccc3c4c(c(=O)oc3c2C)CN(C(=O)c2c(C)cc(C(=O)NS(=O)(=O)N3CCCC3)c(OC3CCC3)c2F)CC4)CCN1C. The summed E-state index contributed by atoms with van der Waals surface area (Å²) in [7, 11) is -0.360. The van der Waals surface area contributed by atoms with E-state index in [1.807, 2.05) is 13.0 Å². The third-order valence-electron chi connectivity index (χ3n) is 11.1. The molecule has 2 saturated heterocycles. The van der Waals surface area contributed by atoms with Crippen LogP contribution in [-0.2, 0) is 27.9 Å². The minimum Gasteiger partial charge on any atom is -0.486 e. The van der Waals surface area contributed by atoms with Crippen molar-refractivity contribution >= 4 is 38.7 Å². The first-order chi connectivity index (χ1) is 24.9. The van der Waals surface area contributed by atoms with Gasteiger partial charge >= 0.3 is 15.8 Å². The number of halogens is 1.